The molecule has 86 valence electrons. The molecule has 0 aliphatic carbocycles. The van der Waals surface area contributed by atoms with Crippen molar-refractivity contribution in [3.05, 3.63) is 29.8 Å². The van der Waals surface area contributed by atoms with Crippen molar-refractivity contribution in [1.82, 2.24) is 14.5 Å². The van der Waals surface area contributed by atoms with Crippen LogP contribution in [0.25, 0.3) is 11.3 Å². The van der Waals surface area contributed by atoms with E-state index < -0.39 is 0 Å². The summed E-state index contributed by atoms with van der Waals surface area (Å²) in [5.41, 5.74) is 8.65. The minimum absolute atomic E-state index is 0.434. The molecule has 0 atom stereocenters. The molecule has 0 aliphatic rings. The monoisotopic (exact) mass is 226 g/mol. The van der Waals surface area contributed by atoms with Crippen LogP contribution in [0.3, 0.4) is 0 Å². The van der Waals surface area contributed by atoms with Crippen molar-refractivity contribution < 1.29 is 0 Å². The molecule has 17 heavy (non-hydrogen) atoms. The van der Waals surface area contributed by atoms with E-state index in [4.69, 9.17) is 12.2 Å². The van der Waals surface area contributed by atoms with Crippen LogP contribution in [-0.2, 0) is 6.54 Å². The Kier molecular flexibility index (Phi) is 2.84. The van der Waals surface area contributed by atoms with Gasteiger partial charge in [-0.1, -0.05) is 5.92 Å². The zero-order valence-electron chi connectivity index (χ0n) is 9.94. The van der Waals surface area contributed by atoms with Gasteiger partial charge in [-0.05, 0) is 26.0 Å². The van der Waals surface area contributed by atoms with Crippen LogP contribution in [-0.4, -0.2) is 14.5 Å². The lowest BCUT2D eigenvalue weighted by Gasteiger charge is -2.03. The predicted molar refractivity (Wildman–Crippen MR) is 68.2 cm³/mol. The summed E-state index contributed by atoms with van der Waals surface area (Å²) in [5.74, 6) is 3.97. The van der Waals surface area contributed by atoms with Crippen molar-refractivity contribution in [2.24, 2.45) is 0 Å². The molecule has 0 bridgehead atoms. The van der Waals surface area contributed by atoms with Gasteiger partial charge in [0.25, 0.3) is 0 Å². The van der Waals surface area contributed by atoms with Crippen molar-refractivity contribution >= 4 is 5.82 Å². The molecule has 0 fully saturated rings. The van der Waals surface area contributed by atoms with E-state index in [-0.39, 0.29) is 0 Å². The molecule has 0 spiro atoms. The molecule has 0 saturated heterocycles. The van der Waals surface area contributed by atoms with Crippen molar-refractivity contribution in [2.75, 3.05) is 5.73 Å². The summed E-state index contributed by atoms with van der Waals surface area (Å²) in [5, 5.41) is 0. The average molecular weight is 226 g/mol. The summed E-state index contributed by atoms with van der Waals surface area (Å²) in [6.07, 6.45) is 7.07. The van der Waals surface area contributed by atoms with Crippen LogP contribution < -0.4 is 5.73 Å². The van der Waals surface area contributed by atoms with Crippen LogP contribution in [0.1, 0.15) is 11.5 Å². The Balaban J connectivity index is 2.50. The first-order chi connectivity index (χ1) is 8.13. The number of aryl methyl sites for hydroxylation is 2. The number of hydrogen-bond donors (Lipinski definition) is 1. The zero-order valence-corrected chi connectivity index (χ0v) is 9.94. The van der Waals surface area contributed by atoms with Crippen molar-refractivity contribution in [3.8, 4) is 23.6 Å². The van der Waals surface area contributed by atoms with Gasteiger partial charge in [0.2, 0.25) is 0 Å². The van der Waals surface area contributed by atoms with Crippen molar-refractivity contribution in [3.63, 3.8) is 0 Å². The molecule has 2 heterocycles. The third-order valence-electron chi connectivity index (χ3n) is 2.63. The predicted octanol–water partition coefficient (Wildman–Crippen LogP) is 1.78. The van der Waals surface area contributed by atoms with E-state index in [9.17, 15) is 0 Å². The van der Waals surface area contributed by atoms with E-state index in [1.54, 1.807) is 6.20 Å². The lowest BCUT2D eigenvalue weighted by atomic mass is 10.2. The maximum Gasteiger partial charge on any atom is 0.132 e. The van der Waals surface area contributed by atoms with Crippen LogP contribution >= 0.6 is 0 Å². The van der Waals surface area contributed by atoms with E-state index in [0.29, 0.717) is 12.4 Å². The molecule has 0 unspecified atom stereocenters. The fourth-order valence-electron chi connectivity index (χ4n) is 1.69. The van der Waals surface area contributed by atoms with E-state index in [1.165, 1.54) is 0 Å². The van der Waals surface area contributed by atoms with Crippen LogP contribution in [0.15, 0.2) is 18.3 Å². The molecule has 2 aromatic rings. The quantitative estimate of drug-likeness (QED) is 0.794. The Morgan fingerprint density at radius 2 is 2.18 bits per heavy atom. The van der Waals surface area contributed by atoms with E-state index in [2.05, 4.69) is 15.9 Å². The highest BCUT2D eigenvalue weighted by Crippen LogP contribution is 2.25. The lowest BCUT2D eigenvalue weighted by molar-refractivity contribution is 0.807. The number of nitrogens with zero attached hydrogens (tertiary/aromatic N) is 3. The maximum atomic E-state index is 6.04. The summed E-state index contributed by atoms with van der Waals surface area (Å²) in [6, 6.07) is 3.89. The van der Waals surface area contributed by atoms with Gasteiger partial charge in [-0.25, -0.2) is 4.98 Å². The number of aromatic nitrogens is 3. The Morgan fingerprint density at radius 1 is 1.41 bits per heavy atom. The minimum atomic E-state index is 0.434. The van der Waals surface area contributed by atoms with Gasteiger partial charge in [0.1, 0.15) is 17.3 Å². The number of anilines is 1. The van der Waals surface area contributed by atoms with Gasteiger partial charge in [-0.3, -0.25) is 4.98 Å². The summed E-state index contributed by atoms with van der Waals surface area (Å²) < 4.78 is 1.81. The van der Waals surface area contributed by atoms with Crippen molar-refractivity contribution in [2.45, 2.75) is 20.4 Å². The normalized spacial score (nSPS) is 10.2. The number of nitrogen functional groups attached to an aromatic ring is 1. The summed E-state index contributed by atoms with van der Waals surface area (Å²) >= 11 is 0. The third kappa shape index (κ3) is 2.00. The second-order valence-corrected chi connectivity index (χ2v) is 3.87. The minimum Gasteiger partial charge on any atom is -0.383 e. The Labute approximate surface area is 101 Å². The van der Waals surface area contributed by atoms with Gasteiger partial charge in [-0.2, -0.15) is 0 Å². The fourth-order valence-corrected chi connectivity index (χ4v) is 1.69. The van der Waals surface area contributed by atoms with E-state index >= 15 is 0 Å². The van der Waals surface area contributed by atoms with Gasteiger partial charge in [0.05, 0.1) is 6.54 Å². The van der Waals surface area contributed by atoms with Gasteiger partial charge in [0.15, 0.2) is 0 Å². The topological polar surface area (TPSA) is 56.7 Å². The number of imidazole rings is 1. The van der Waals surface area contributed by atoms with Crippen LogP contribution in [0.5, 0.6) is 0 Å². The van der Waals surface area contributed by atoms with Crippen LogP contribution in [0.2, 0.25) is 0 Å². The highest BCUT2D eigenvalue weighted by atomic mass is 15.1. The molecule has 2 aromatic heterocycles. The number of terminal acetylenes is 1. The average Bonchev–Trinajstić information content (AvgIpc) is 2.59. The lowest BCUT2D eigenvalue weighted by Crippen LogP contribution is -2.03. The summed E-state index contributed by atoms with van der Waals surface area (Å²) in [7, 11) is 0. The molecule has 2 N–H and O–H groups in total. The Morgan fingerprint density at radius 3 is 2.76 bits per heavy atom. The Bertz CT molecular complexity index is 573. The van der Waals surface area contributed by atoms with Crippen LogP contribution in [0, 0.1) is 26.2 Å². The highest BCUT2D eigenvalue weighted by Gasteiger charge is 2.12. The first-order valence-corrected chi connectivity index (χ1v) is 5.32. The first-order valence-electron chi connectivity index (χ1n) is 5.32. The van der Waals surface area contributed by atoms with Crippen LogP contribution in [0.4, 0.5) is 5.82 Å². The van der Waals surface area contributed by atoms with Gasteiger partial charge < -0.3 is 10.3 Å². The van der Waals surface area contributed by atoms with Gasteiger partial charge in [-0.15, -0.1) is 6.42 Å². The number of nitrogens with two attached hydrogens (primary N) is 1. The Hall–Kier alpha value is -2.28. The largest absolute Gasteiger partial charge is 0.383 e. The standard InChI is InChI=1S/C13H14N4/c1-4-7-17-10(3)16-12(13(17)14)11-6-5-9(2)15-8-11/h1,5-6,8H,7,14H2,2-3H3. The van der Waals surface area contributed by atoms with Gasteiger partial charge in [0, 0.05) is 17.5 Å². The third-order valence-corrected chi connectivity index (χ3v) is 2.63. The summed E-state index contributed by atoms with van der Waals surface area (Å²) in [6.45, 7) is 4.26. The highest BCUT2D eigenvalue weighted by molar-refractivity contribution is 5.70. The molecule has 4 heteroatoms. The first kappa shape index (κ1) is 11.2. The zero-order chi connectivity index (χ0) is 12.4. The van der Waals surface area contributed by atoms with E-state index in [0.717, 1.165) is 22.8 Å². The molecular weight excluding hydrogens is 212 g/mol. The molecule has 4 nitrogen and oxygen atoms in total. The van der Waals surface area contributed by atoms with Gasteiger partial charge >= 0.3 is 0 Å². The van der Waals surface area contributed by atoms with Crippen molar-refractivity contribution in [1.29, 1.82) is 0 Å². The number of rotatable bonds is 2. The number of hydrogen-bond acceptors (Lipinski definition) is 3. The maximum absolute atomic E-state index is 6.04. The molecule has 2 rings (SSSR count). The molecule has 0 aromatic carbocycles. The second kappa shape index (κ2) is 4.30. The van der Waals surface area contributed by atoms with E-state index in [1.807, 2.05) is 30.5 Å². The molecule has 0 saturated carbocycles. The molecule has 0 radical (unpaired) electrons. The summed E-state index contributed by atoms with van der Waals surface area (Å²) in [4.78, 5) is 8.67. The fraction of sp³-hybridized carbons (Fsp3) is 0.231. The molecule has 0 amide bonds. The molecule has 0 aliphatic heterocycles. The molecular formula is C13H14N4. The number of pyridine rings is 1. The second-order valence-electron chi connectivity index (χ2n) is 3.87. The SMILES string of the molecule is C#CCn1c(C)nc(-c2ccc(C)nc2)c1N. The smallest absolute Gasteiger partial charge is 0.132 e.